The Hall–Kier alpha value is -3.14. The van der Waals surface area contributed by atoms with Gasteiger partial charge in [0.05, 0.1) is 36.4 Å². The number of rotatable bonds is 2. The minimum absolute atomic E-state index is 0.0323. The van der Waals surface area contributed by atoms with Gasteiger partial charge in [-0.2, -0.15) is 4.57 Å². The Bertz CT molecular complexity index is 1190. The molecule has 2 bridgehead atoms. The summed E-state index contributed by atoms with van der Waals surface area (Å²) in [5.74, 6) is 0.323. The van der Waals surface area contributed by atoms with E-state index in [1.54, 1.807) is 18.6 Å². The zero-order valence-corrected chi connectivity index (χ0v) is 17.3. The van der Waals surface area contributed by atoms with Crippen molar-refractivity contribution >= 4 is 0 Å². The van der Waals surface area contributed by atoms with Crippen LogP contribution < -0.4 is 23.2 Å². The average Bonchev–Trinajstić information content (AvgIpc) is 3.47. The molecule has 0 amide bonds. The predicted molar refractivity (Wildman–Crippen MR) is 97.5 cm³/mol. The molecule has 32 heavy (non-hydrogen) atoms. The zero-order chi connectivity index (χ0) is 22.5. The Morgan fingerprint density at radius 2 is 1.56 bits per heavy atom. The van der Waals surface area contributed by atoms with Crippen LogP contribution in [0.15, 0.2) is 88.6 Å². The van der Waals surface area contributed by atoms with Crippen molar-refractivity contribution < 1.29 is 47.4 Å². The van der Waals surface area contributed by atoms with E-state index in [2.05, 4.69) is 35.0 Å². The summed E-state index contributed by atoms with van der Waals surface area (Å²) in [5.41, 5.74) is 5.29. The number of halogens is 1. The molecule has 2 atom stereocenters. The summed E-state index contributed by atoms with van der Waals surface area (Å²) in [6.45, 7) is 0. The van der Waals surface area contributed by atoms with Gasteiger partial charge in [-0.1, -0.05) is 18.2 Å². The van der Waals surface area contributed by atoms with Crippen LogP contribution in [0.25, 0.3) is 0 Å². The molecule has 9 heteroatoms. The zero-order valence-electron chi connectivity index (χ0n) is 16.6. The Kier molecular flexibility index (Phi) is 4.85. The lowest BCUT2D eigenvalue weighted by Gasteiger charge is -2.48. The van der Waals surface area contributed by atoms with Crippen molar-refractivity contribution in [2.75, 3.05) is 0 Å². The molecule has 0 spiro atoms. The summed E-state index contributed by atoms with van der Waals surface area (Å²) >= 11 is 0. The van der Waals surface area contributed by atoms with Gasteiger partial charge >= 0.3 is 0 Å². The first-order valence-electron chi connectivity index (χ1n) is 9.79. The minimum Gasteiger partial charge on any atom is -0.508 e. The minimum atomic E-state index is -4.94. The number of aromatic nitrogens is 1. The summed E-state index contributed by atoms with van der Waals surface area (Å²) in [5, 5.41) is 10.9. The van der Waals surface area contributed by atoms with Crippen molar-refractivity contribution in [3.63, 3.8) is 0 Å². The van der Waals surface area contributed by atoms with Crippen molar-refractivity contribution in [1.82, 2.24) is 0 Å². The third-order valence-corrected chi connectivity index (χ3v) is 6.40. The lowest BCUT2D eigenvalue weighted by molar-refractivity contribution is -2.00. The van der Waals surface area contributed by atoms with Gasteiger partial charge in [-0.15, -0.1) is 10.2 Å². The van der Waals surface area contributed by atoms with Crippen molar-refractivity contribution in [2.45, 2.75) is 23.8 Å². The van der Waals surface area contributed by atoms with Crippen LogP contribution in [0.3, 0.4) is 0 Å². The van der Waals surface area contributed by atoms with Crippen molar-refractivity contribution in [2.24, 2.45) is 0 Å². The summed E-state index contributed by atoms with van der Waals surface area (Å²) in [7, 11) is -4.94. The molecule has 0 radical (unpaired) electrons. The van der Waals surface area contributed by atoms with E-state index in [9.17, 15) is 5.11 Å². The second-order valence-electron chi connectivity index (χ2n) is 7.84. The smallest absolute Gasteiger partial charge is 0.190 e. The monoisotopic (exact) mass is 455 g/mol. The maximum atomic E-state index is 10.9. The second kappa shape index (κ2) is 7.47. The number of furan rings is 2. The van der Waals surface area contributed by atoms with Crippen LogP contribution in [0.4, 0.5) is 0 Å². The van der Waals surface area contributed by atoms with Crippen LogP contribution in [0, 0.1) is 10.2 Å². The molecule has 7 rings (SSSR count). The number of benzene rings is 1. The number of pyridine rings is 1. The van der Waals surface area contributed by atoms with E-state index in [0.29, 0.717) is 5.75 Å². The van der Waals surface area contributed by atoms with Crippen LogP contribution in [0.2, 0.25) is 0 Å². The molecule has 1 aromatic carbocycles. The van der Waals surface area contributed by atoms with Gasteiger partial charge in [0.2, 0.25) is 0 Å². The van der Waals surface area contributed by atoms with Gasteiger partial charge in [-0.25, -0.2) is 18.6 Å². The van der Waals surface area contributed by atoms with E-state index in [1.807, 2.05) is 30.7 Å². The van der Waals surface area contributed by atoms with Crippen LogP contribution >= 0.6 is 0 Å². The number of nitrogens with zero attached hydrogens (tertiary/aromatic N) is 1. The van der Waals surface area contributed by atoms with E-state index in [1.165, 1.54) is 11.3 Å². The molecule has 2 aliphatic heterocycles. The van der Waals surface area contributed by atoms with E-state index in [0.717, 1.165) is 23.1 Å². The molecule has 3 aliphatic rings. The molecule has 0 saturated heterocycles. The molecule has 1 aliphatic carbocycles. The van der Waals surface area contributed by atoms with Gasteiger partial charge in [-0.05, 0) is 18.2 Å². The highest BCUT2D eigenvalue weighted by Crippen LogP contribution is 2.61. The van der Waals surface area contributed by atoms with Gasteiger partial charge < -0.3 is 13.9 Å². The molecule has 1 N–H and O–H groups in total. The third kappa shape index (κ3) is 3.21. The summed E-state index contributed by atoms with van der Waals surface area (Å²) in [6.07, 6.45) is 10.2. The number of phenols is 1. The molecule has 0 saturated carbocycles. The van der Waals surface area contributed by atoms with Gasteiger partial charge in [0.25, 0.3) is 0 Å². The highest BCUT2D eigenvalue weighted by atomic mass is 35.7. The van der Waals surface area contributed by atoms with E-state index in [-0.39, 0.29) is 17.4 Å². The van der Waals surface area contributed by atoms with Gasteiger partial charge in [0, 0.05) is 40.8 Å². The fourth-order valence-electron chi connectivity index (χ4n) is 5.37. The summed E-state index contributed by atoms with van der Waals surface area (Å²) < 4.78 is 47.3. The number of hydrogen-bond acceptors (Lipinski definition) is 7. The standard InChI is InChI=1S/C23H17NO3.ClHO4/c25-20-6-3-4-17-19-12-23(15-7-10-26-13-15,16-8-11-27-14-16)22(21(17)20)18-5-1-2-9-24(18)19;2-1(3,4)5/h1-11,13-14,19,22H,12H2;(H,2,3,4,5). The summed E-state index contributed by atoms with van der Waals surface area (Å²) in [6, 6.07) is 16.4. The second-order valence-corrected chi connectivity index (χ2v) is 8.60. The largest absolute Gasteiger partial charge is 0.508 e. The lowest BCUT2D eigenvalue weighted by atomic mass is 9.54. The molecule has 5 heterocycles. The highest BCUT2D eigenvalue weighted by Gasteiger charge is 2.60. The molecule has 3 aromatic heterocycles. The third-order valence-electron chi connectivity index (χ3n) is 6.40. The van der Waals surface area contributed by atoms with Gasteiger partial charge in [-0.3, -0.25) is 0 Å². The highest BCUT2D eigenvalue weighted by molar-refractivity contribution is 5.57. The van der Waals surface area contributed by atoms with Crippen molar-refractivity contribution in [3.05, 3.63) is 108 Å². The molecular weight excluding hydrogens is 438 g/mol. The van der Waals surface area contributed by atoms with Crippen LogP contribution in [0.1, 0.15) is 46.3 Å². The Labute approximate surface area is 185 Å². The first-order valence-corrected chi connectivity index (χ1v) is 11.0. The number of aromatic hydroxyl groups is 1. The van der Waals surface area contributed by atoms with Crippen LogP contribution in [-0.2, 0) is 5.41 Å². The number of fused-ring (bicyclic) bond motifs is 1. The fourth-order valence-corrected chi connectivity index (χ4v) is 5.37. The van der Waals surface area contributed by atoms with Gasteiger partial charge in [0.1, 0.15) is 5.75 Å². The van der Waals surface area contributed by atoms with E-state index >= 15 is 0 Å². The molecule has 0 fully saturated rings. The average molecular weight is 456 g/mol. The Morgan fingerprint density at radius 3 is 2.16 bits per heavy atom. The van der Waals surface area contributed by atoms with Crippen molar-refractivity contribution in [3.8, 4) is 5.75 Å². The quantitative estimate of drug-likeness (QED) is 0.403. The predicted octanol–water partition coefficient (Wildman–Crippen LogP) is -0.466. The van der Waals surface area contributed by atoms with Crippen molar-refractivity contribution in [1.29, 1.82) is 0 Å². The van der Waals surface area contributed by atoms with E-state index in [4.69, 9.17) is 27.5 Å². The number of phenolic OH excluding ortho intramolecular Hbond substituents is 1. The molecule has 8 nitrogen and oxygen atoms in total. The molecule has 2 unspecified atom stereocenters. The fraction of sp³-hybridized carbons (Fsp3) is 0.174. The molecule has 4 aromatic rings. The van der Waals surface area contributed by atoms with Gasteiger partial charge in [0.15, 0.2) is 17.9 Å². The van der Waals surface area contributed by atoms with Crippen LogP contribution in [0.5, 0.6) is 5.75 Å². The first-order chi connectivity index (χ1) is 15.3. The Balaban J connectivity index is 0.000000393. The normalized spacial score (nSPS) is 20.1. The van der Waals surface area contributed by atoms with Crippen LogP contribution in [-0.4, -0.2) is 5.11 Å². The molecular formula is C23H18ClNO7. The molecule has 164 valence electrons. The first kappa shape index (κ1) is 20.7. The Morgan fingerprint density at radius 1 is 0.906 bits per heavy atom. The summed E-state index contributed by atoms with van der Waals surface area (Å²) in [4.78, 5) is 0. The lowest BCUT2D eigenvalue weighted by Crippen LogP contribution is -2.68. The maximum absolute atomic E-state index is 10.9. The van der Waals surface area contributed by atoms with E-state index < -0.39 is 10.2 Å². The SMILES string of the molecule is Oc1cccc2c1C1c3cccc[n+]3C2CC1(c1ccoc1)c1ccoc1.[O-][Cl+3]([O-])([O-])[O-]. The number of hydrogen-bond donors (Lipinski definition) is 1. The topological polar surface area (TPSA) is 143 Å². The maximum Gasteiger partial charge on any atom is 0.190 e.